The Balaban J connectivity index is 1.28. The van der Waals surface area contributed by atoms with Gasteiger partial charge >= 0.3 is 0 Å². The van der Waals surface area contributed by atoms with Crippen LogP contribution < -0.4 is 5.32 Å². The third kappa shape index (κ3) is 5.87. The maximum absolute atomic E-state index is 12.7. The van der Waals surface area contributed by atoms with Gasteiger partial charge < -0.3 is 19.5 Å². The van der Waals surface area contributed by atoms with Crippen LogP contribution in [0.3, 0.4) is 0 Å². The van der Waals surface area contributed by atoms with E-state index in [1.807, 2.05) is 12.1 Å². The van der Waals surface area contributed by atoms with Crippen molar-refractivity contribution < 1.29 is 9.21 Å². The van der Waals surface area contributed by atoms with Gasteiger partial charge in [0.1, 0.15) is 12.4 Å². The van der Waals surface area contributed by atoms with Crippen LogP contribution in [-0.4, -0.2) is 94.1 Å². The summed E-state index contributed by atoms with van der Waals surface area (Å²) in [6.45, 7) is 9.01. The van der Waals surface area contributed by atoms with Crippen LogP contribution in [0.1, 0.15) is 38.4 Å². The third-order valence-corrected chi connectivity index (χ3v) is 5.98. The van der Waals surface area contributed by atoms with Crippen molar-refractivity contribution in [2.45, 2.75) is 39.2 Å². The molecule has 0 saturated carbocycles. The molecule has 174 valence electrons. The van der Waals surface area contributed by atoms with Crippen molar-refractivity contribution in [1.82, 2.24) is 35.2 Å². The van der Waals surface area contributed by atoms with E-state index in [9.17, 15) is 4.79 Å². The molecular weight excluding hydrogens is 408 g/mol. The number of nitrogens with zero attached hydrogens (tertiary/aromatic N) is 6. The van der Waals surface area contributed by atoms with E-state index in [0.29, 0.717) is 30.5 Å². The molecule has 0 bridgehead atoms. The van der Waals surface area contributed by atoms with E-state index in [2.05, 4.69) is 42.1 Å². The zero-order valence-corrected chi connectivity index (χ0v) is 18.9. The van der Waals surface area contributed by atoms with Gasteiger partial charge in [0.15, 0.2) is 11.7 Å². The summed E-state index contributed by atoms with van der Waals surface area (Å²) in [5.74, 6) is 3.00. The number of carbonyl (C=O) groups is 1. The zero-order valence-electron chi connectivity index (χ0n) is 18.9. The Morgan fingerprint density at radius 3 is 2.59 bits per heavy atom. The van der Waals surface area contributed by atoms with Crippen LogP contribution in [0.4, 0.5) is 0 Å². The summed E-state index contributed by atoms with van der Waals surface area (Å²) in [5, 5.41) is 10.5. The highest BCUT2D eigenvalue weighted by molar-refractivity contribution is 5.80. The van der Waals surface area contributed by atoms with Gasteiger partial charge in [0, 0.05) is 45.8 Å². The number of H-pyrrole nitrogens is 1. The molecule has 2 aliphatic rings. The lowest BCUT2D eigenvalue weighted by Gasteiger charge is -2.37. The molecule has 0 unspecified atom stereocenters. The maximum atomic E-state index is 12.7. The highest BCUT2D eigenvalue weighted by Crippen LogP contribution is 2.15. The van der Waals surface area contributed by atoms with Crippen LogP contribution in [0, 0.1) is 0 Å². The van der Waals surface area contributed by atoms with Crippen molar-refractivity contribution in [3.8, 4) is 11.6 Å². The van der Waals surface area contributed by atoms with Crippen molar-refractivity contribution in [3.05, 3.63) is 24.2 Å². The molecule has 2 N–H and O–H groups in total. The number of likely N-dealkylation sites (tertiary alicyclic amines) is 1. The molecule has 10 nitrogen and oxygen atoms in total. The maximum Gasteiger partial charge on any atom is 0.236 e. The van der Waals surface area contributed by atoms with Crippen molar-refractivity contribution in [1.29, 1.82) is 0 Å². The normalized spacial score (nSPS) is 18.6. The minimum absolute atomic E-state index is 0.276. The quantitative estimate of drug-likeness (QED) is 0.516. The van der Waals surface area contributed by atoms with Crippen LogP contribution >= 0.6 is 0 Å². The molecule has 0 aromatic carbocycles. The largest absolute Gasteiger partial charge is 0.461 e. The number of nitrogens with one attached hydrogen (secondary N) is 2. The minimum atomic E-state index is 0.276. The standard InChI is InChI=1S/C22H34N8O2/c1-2-23-22(24-16-19-25-21(27-26-19)18-8-7-15-32-18)30-13-11-28(12-14-30)17-20(31)29-9-5-3-4-6-10-29/h7-8,15H,2-6,9-14,16-17H2,1H3,(H,23,24)(H,25,26,27). The number of amides is 1. The van der Waals surface area contributed by atoms with Gasteiger partial charge in [-0.05, 0) is 31.9 Å². The fourth-order valence-electron chi connectivity index (χ4n) is 4.19. The highest BCUT2D eigenvalue weighted by Gasteiger charge is 2.23. The first-order valence-electron chi connectivity index (χ1n) is 11.7. The van der Waals surface area contributed by atoms with Gasteiger partial charge in [0.05, 0.1) is 12.8 Å². The van der Waals surface area contributed by atoms with Crippen LogP contribution in [0.15, 0.2) is 27.8 Å². The summed E-state index contributed by atoms with van der Waals surface area (Å²) in [5.41, 5.74) is 0. The number of piperazine rings is 1. The Morgan fingerprint density at radius 1 is 1.12 bits per heavy atom. The number of hydrogen-bond donors (Lipinski definition) is 2. The molecule has 2 aliphatic heterocycles. The topological polar surface area (TPSA) is 106 Å². The molecule has 4 rings (SSSR count). The third-order valence-electron chi connectivity index (χ3n) is 5.98. The van der Waals surface area contributed by atoms with Gasteiger partial charge in [-0.25, -0.2) is 9.98 Å². The number of furan rings is 1. The number of carbonyl (C=O) groups excluding carboxylic acids is 1. The van der Waals surface area contributed by atoms with Gasteiger partial charge in [0.2, 0.25) is 11.7 Å². The van der Waals surface area contributed by atoms with Crippen molar-refractivity contribution >= 4 is 11.9 Å². The Hall–Kier alpha value is -2.88. The predicted octanol–water partition coefficient (Wildman–Crippen LogP) is 1.55. The first kappa shape index (κ1) is 22.3. The van der Waals surface area contributed by atoms with Crippen molar-refractivity contribution in [3.63, 3.8) is 0 Å². The van der Waals surface area contributed by atoms with Crippen LogP contribution in [0.2, 0.25) is 0 Å². The van der Waals surface area contributed by atoms with Gasteiger partial charge in [-0.1, -0.05) is 12.8 Å². The average molecular weight is 443 g/mol. The molecule has 0 spiro atoms. The Morgan fingerprint density at radius 2 is 1.91 bits per heavy atom. The van der Waals surface area contributed by atoms with E-state index in [4.69, 9.17) is 9.41 Å². The summed E-state index contributed by atoms with van der Waals surface area (Å²) in [7, 11) is 0. The molecule has 2 fully saturated rings. The summed E-state index contributed by atoms with van der Waals surface area (Å²) >= 11 is 0. The molecular formula is C22H34N8O2. The molecule has 2 saturated heterocycles. The molecule has 0 atom stereocenters. The second-order valence-electron chi connectivity index (χ2n) is 8.31. The monoisotopic (exact) mass is 442 g/mol. The van der Waals surface area contributed by atoms with Gasteiger partial charge in [-0.15, -0.1) is 5.10 Å². The first-order valence-corrected chi connectivity index (χ1v) is 11.7. The zero-order chi connectivity index (χ0) is 22.2. The highest BCUT2D eigenvalue weighted by atomic mass is 16.3. The van der Waals surface area contributed by atoms with Crippen molar-refractivity contribution in [2.24, 2.45) is 4.99 Å². The van der Waals surface area contributed by atoms with E-state index in [-0.39, 0.29) is 5.91 Å². The Bertz CT molecular complexity index is 862. The van der Waals surface area contributed by atoms with E-state index in [1.165, 1.54) is 12.8 Å². The lowest BCUT2D eigenvalue weighted by atomic mass is 10.2. The molecule has 0 aliphatic carbocycles. The van der Waals surface area contributed by atoms with Crippen LogP contribution in [0.25, 0.3) is 11.6 Å². The van der Waals surface area contributed by atoms with E-state index in [1.54, 1.807) is 6.26 Å². The SMILES string of the molecule is CCNC(=NCc1nc(-c2ccco2)n[nH]1)N1CCN(CC(=O)N2CCCCCC2)CC1. The number of aliphatic imine (C=N–C) groups is 1. The Labute approximate surface area is 189 Å². The Kier molecular flexibility index (Phi) is 7.76. The van der Waals surface area contributed by atoms with E-state index >= 15 is 0 Å². The van der Waals surface area contributed by atoms with Gasteiger partial charge in [0.25, 0.3) is 0 Å². The van der Waals surface area contributed by atoms with E-state index in [0.717, 1.165) is 64.6 Å². The summed E-state index contributed by atoms with van der Waals surface area (Å²) < 4.78 is 5.34. The summed E-state index contributed by atoms with van der Waals surface area (Å²) in [4.78, 5) is 28.5. The number of aromatic amines is 1. The fraction of sp³-hybridized carbons (Fsp3) is 0.636. The lowest BCUT2D eigenvalue weighted by Crippen LogP contribution is -2.54. The summed E-state index contributed by atoms with van der Waals surface area (Å²) in [6, 6.07) is 3.64. The lowest BCUT2D eigenvalue weighted by molar-refractivity contribution is -0.132. The molecule has 2 aromatic rings. The van der Waals surface area contributed by atoms with Crippen molar-refractivity contribution in [2.75, 3.05) is 52.4 Å². The average Bonchev–Trinajstić information content (AvgIpc) is 3.43. The molecule has 1 amide bonds. The molecule has 10 heteroatoms. The molecule has 0 radical (unpaired) electrons. The number of rotatable bonds is 6. The summed E-state index contributed by atoms with van der Waals surface area (Å²) in [6.07, 6.45) is 6.36. The number of hydrogen-bond acceptors (Lipinski definition) is 6. The van der Waals surface area contributed by atoms with Gasteiger partial charge in [-0.2, -0.15) is 0 Å². The predicted molar refractivity (Wildman–Crippen MR) is 122 cm³/mol. The first-order chi connectivity index (χ1) is 15.7. The molecule has 2 aromatic heterocycles. The van der Waals surface area contributed by atoms with Gasteiger partial charge in [-0.3, -0.25) is 14.8 Å². The second-order valence-corrected chi connectivity index (χ2v) is 8.31. The number of aromatic nitrogens is 3. The smallest absolute Gasteiger partial charge is 0.236 e. The molecule has 32 heavy (non-hydrogen) atoms. The number of guanidine groups is 1. The minimum Gasteiger partial charge on any atom is -0.461 e. The van der Waals surface area contributed by atoms with Crippen LogP contribution in [0.5, 0.6) is 0 Å². The van der Waals surface area contributed by atoms with E-state index < -0.39 is 0 Å². The second kappa shape index (κ2) is 11.1. The molecule has 4 heterocycles. The van der Waals surface area contributed by atoms with Crippen LogP contribution in [-0.2, 0) is 11.3 Å². The fourth-order valence-corrected chi connectivity index (χ4v) is 4.19.